The minimum absolute atomic E-state index is 0. The van der Waals surface area contributed by atoms with E-state index >= 15 is 0 Å². The molecule has 0 saturated carbocycles. The summed E-state index contributed by atoms with van der Waals surface area (Å²) in [5.74, 6) is -0.0932. The van der Waals surface area contributed by atoms with E-state index in [1.807, 2.05) is 0 Å². The Labute approximate surface area is 143 Å². The third kappa shape index (κ3) is 5.81. The van der Waals surface area contributed by atoms with E-state index in [9.17, 15) is 8.42 Å². The summed E-state index contributed by atoms with van der Waals surface area (Å²) in [7, 11) is -4.23. The van der Waals surface area contributed by atoms with Crippen molar-refractivity contribution in [3.8, 4) is 5.75 Å². The van der Waals surface area contributed by atoms with Crippen molar-refractivity contribution in [1.29, 1.82) is 0 Å². The molecule has 0 heterocycles. The molecular weight excluding hydrogens is 337 g/mol. The molecule has 0 aliphatic rings. The Kier molecular flexibility index (Phi) is 8.48. The summed E-state index contributed by atoms with van der Waals surface area (Å²) in [4.78, 5) is 4.50. The quantitative estimate of drug-likeness (QED) is 0.334. The first kappa shape index (κ1) is 18.8. The van der Waals surface area contributed by atoms with Crippen LogP contribution in [-0.2, 0) is 18.9 Å². The normalized spacial score (nSPS) is 10.9. The van der Waals surface area contributed by atoms with Gasteiger partial charge in [-0.05, 0) is 17.3 Å². The van der Waals surface area contributed by atoms with Crippen molar-refractivity contribution in [3.63, 3.8) is 0 Å². The molecule has 1 rings (SSSR count). The van der Waals surface area contributed by atoms with E-state index in [1.54, 1.807) is 0 Å². The Bertz CT molecular complexity index is 513. The summed E-state index contributed by atoms with van der Waals surface area (Å²) in [6, 6.07) is 2.51. The molecule has 0 aliphatic carbocycles. The van der Waals surface area contributed by atoms with Crippen LogP contribution in [0.15, 0.2) is 12.1 Å². The second kappa shape index (κ2) is 8.14. The monoisotopic (exact) mass is 344 g/mol. The number of hydrogen-bond acceptors (Lipinski definition) is 5. The van der Waals surface area contributed by atoms with Crippen molar-refractivity contribution < 1.29 is 52.8 Å². The summed E-state index contributed by atoms with van der Waals surface area (Å²) in [5.41, 5.74) is 0. The van der Waals surface area contributed by atoms with Gasteiger partial charge in [-0.1, -0.05) is 34.8 Å². The van der Waals surface area contributed by atoms with Gasteiger partial charge in [0.05, 0.1) is 21.7 Å². The first-order valence-electron chi connectivity index (χ1n) is 4.25. The second-order valence-electron chi connectivity index (χ2n) is 2.66. The minimum Gasteiger partial charge on any atom is -1.00 e. The first-order chi connectivity index (χ1) is 7.85. The van der Waals surface area contributed by atoms with Crippen molar-refractivity contribution in [2.24, 2.45) is 0 Å². The molecule has 0 bridgehead atoms. The van der Waals surface area contributed by atoms with Gasteiger partial charge < -0.3 is 6.31 Å². The van der Waals surface area contributed by atoms with E-state index < -0.39 is 10.4 Å². The average molecular weight is 346 g/mol. The fourth-order valence-electron chi connectivity index (χ4n) is 0.810. The zero-order chi connectivity index (χ0) is 13.1. The minimum atomic E-state index is -4.23. The first-order valence-corrected chi connectivity index (χ1v) is 6.72. The van der Waals surface area contributed by atoms with Gasteiger partial charge in [0.15, 0.2) is 5.75 Å². The third-order valence-electron chi connectivity index (χ3n) is 1.44. The Balaban J connectivity index is 0. The van der Waals surface area contributed by atoms with Crippen LogP contribution in [0.4, 0.5) is 0 Å². The average Bonchev–Trinajstić information content (AvgIpc) is 2.21. The Morgan fingerprint density at radius 2 is 1.72 bits per heavy atom. The Morgan fingerprint density at radius 3 is 2.28 bits per heavy atom. The van der Waals surface area contributed by atoms with Gasteiger partial charge in [0, 0.05) is 6.07 Å². The summed E-state index contributed by atoms with van der Waals surface area (Å²) in [5, 5.41) is 0.395. The van der Waals surface area contributed by atoms with Gasteiger partial charge in [-0.25, -0.2) is 4.18 Å². The van der Waals surface area contributed by atoms with E-state index in [2.05, 4.69) is 13.4 Å². The van der Waals surface area contributed by atoms with Crippen LogP contribution < -0.4 is 34.4 Å². The number of halogens is 3. The summed E-state index contributed by atoms with van der Waals surface area (Å²) < 4.78 is 30.4. The molecule has 98 valence electrons. The van der Waals surface area contributed by atoms with E-state index in [-0.39, 0.29) is 58.4 Å². The number of hydrogen-bond donors (Lipinski definition) is 0. The summed E-state index contributed by atoms with van der Waals surface area (Å²) in [6.45, 7) is 1.40. The largest absolute Gasteiger partial charge is 1.00 e. The van der Waals surface area contributed by atoms with Crippen LogP contribution in [-0.4, -0.2) is 15.0 Å². The molecular formula is C8H8Cl3NaO5S. The van der Waals surface area contributed by atoms with Gasteiger partial charge in [-0.3, -0.25) is 0 Å². The van der Waals surface area contributed by atoms with E-state index in [0.717, 1.165) is 0 Å². The predicted octanol–water partition coefficient (Wildman–Crippen LogP) is 0.355. The molecule has 10 heteroatoms. The van der Waals surface area contributed by atoms with Crippen LogP contribution in [0.3, 0.4) is 0 Å². The molecule has 0 aliphatic heterocycles. The van der Waals surface area contributed by atoms with E-state index in [0.29, 0.717) is 0 Å². The number of rotatable bonds is 5. The van der Waals surface area contributed by atoms with Crippen LogP contribution in [0.5, 0.6) is 5.75 Å². The zero-order valence-corrected chi connectivity index (χ0v) is 14.5. The molecule has 0 spiro atoms. The second-order valence-corrected chi connectivity index (χ2v) is 5.07. The topological polar surface area (TPSA) is 61.8 Å². The zero-order valence-electron chi connectivity index (χ0n) is 10.4. The van der Waals surface area contributed by atoms with Crippen molar-refractivity contribution in [1.82, 2.24) is 0 Å². The van der Waals surface area contributed by atoms with Crippen LogP contribution in [0.2, 0.25) is 15.1 Å². The van der Waals surface area contributed by atoms with E-state index in [4.69, 9.17) is 34.8 Å². The van der Waals surface area contributed by atoms with Crippen LogP contribution >= 0.6 is 34.8 Å². The summed E-state index contributed by atoms with van der Waals surface area (Å²) in [6.07, 6.45) is 0. The van der Waals surface area contributed by atoms with Crippen molar-refractivity contribution in [2.75, 3.05) is 6.61 Å². The fraction of sp³-hybridized carbons (Fsp3) is 0.250. The maximum Gasteiger partial charge on any atom is 1.00 e. The molecule has 0 N–H and O–H groups in total. The van der Waals surface area contributed by atoms with Gasteiger partial charge in [0.1, 0.15) is 0 Å². The summed E-state index contributed by atoms with van der Waals surface area (Å²) >= 11 is 17.1. The maximum atomic E-state index is 11.0. The van der Waals surface area contributed by atoms with E-state index in [1.165, 1.54) is 19.1 Å². The Hall–Kier alpha value is 0.760. The van der Waals surface area contributed by atoms with Crippen molar-refractivity contribution in [2.45, 2.75) is 6.92 Å². The molecule has 0 amide bonds. The van der Waals surface area contributed by atoms with Gasteiger partial charge >= 0.3 is 40.0 Å². The molecule has 0 aromatic heterocycles. The molecule has 18 heavy (non-hydrogen) atoms. The third-order valence-corrected chi connectivity index (χ3v) is 3.22. The van der Waals surface area contributed by atoms with Crippen LogP contribution in [0.1, 0.15) is 8.35 Å². The predicted molar refractivity (Wildman–Crippen MR) is 64.8 cm³/mol. The van der Waals surface area contributed by atoms with Crippen LogP contribution in [0.25, 0.3) is 0 Å². The Morgan fingerprint density at radius 1 is 1.17 bits per heavy atom. The van der Waals surface area contributed by atoms with Crippen molar-refractivity contribution >= 4 is 45.2 Å². The van der Waals surface area contributed by atoms with Gasteiger partial charge in [-0.2, -0.15) is 8.42 Å². The fourth-order valence-corrected chi connectivity index (χ4v) is 1.86. The SMILES string of the molecule is CCOS(=O)(=O)OOc1cc(Cl)c(Cl)cc1Cl.[H-].[Na+]. The molecule has 1 aromatic rings. The standard InChI is InChI=1S/C8H7Cl3O5S.Na.H/c1-2-14-17(12,13)16-15-8-4-6(10)5(9)3-7(8)11;;/h3-4H,2H2,1H3;;/q;+1;-1. The maximum absolute atomic E-state index is 11.0. The van der Waals surface area contributed by atoms with Crippen molar-refractivity contribution in [3.05, 3.63) is 27.2 Å². The molecule has 0 radical (unpaired) electrons. The van der Waals surface area contributed by atoms with Gasteiger partial charge in [0.25, 0.3) is 0 Å². The molecule has 0 atom stereocenters. The smallest absolute Gasteiger partial charge is 1.00 e. The van der Waals surface area contributed by atoms with Gasteiger partial charge in [-0.15, -0.1) is 0 Å². The molecule has 5 nitrogen and oxygen atoms in total. The molecule has 1 aromatic carbocycles. The molecule has 0 saturated heterocycles. The van der Waals surface area contributed by atoms with Gasteiger partial charge in [0.2, 0.25) is 0 Å². The number of benzene rings is 1. The molecule has 0 fully saturated rings. The molecule has 0 unspecified atom stereocenters. The van der Waals surface area contributed by atoms with Crippen LogP contribution in [0, 0.1) is 0 Å².